The van der Waals surface area contributed by atoms with Crippen LogP contribution in [0.2, 0.25) is 0 Å². The first-order valence-corrected chi connectivity index (χ1v) is 8.08. The zero-order valence-electron chi connectivity index (χ0n) is 13.7. The molecule has 1 atom stereocenters. The van der Waals surface area contributed by atoms with E-state index in [2.05, 4.69) is 17.9 Å². The van der Waals surface area contributed by atoms with Gasteiger partial charge in [0.2, 0.25) is 0 Å². The second-order valence-electron chi connectivity index (χ2n) is 5.90. The Hall–Kier alpha value is -2.20. The molecular weight excluding hydrogens is 290 g/mol. The van der Waals surface area contributed by atoms with E-state index in [4.69, 9.17) is 9.47 Å². The van der Waals surface area contributed by atoms with E-state index in [0.717, 1.165) is 24.4 Å². The lowest BCUT2D eigenvalue weighted by Crippen LogP contribution is -2.30. The molecule has 0 aliphatic carbocycles. The van der Waals surface area contributed by atoms with Gasteiger partial charge >= 0.3 is 0 Å². The number of fused-ring (bicyclic) bond motifs is 1. The molecule has 0 aromatic heterocycles. The highest BCUT2D eigenvalue weighted by Gasteiger charge is 2.21. The van der Waals surface area contributed by atoms with Gasteiger partial charge in [-0.3, -0.25) is 4.90 Å². The van der Waals surface area contributed by atoms with Crippen LogP contribution in [0.4, 0.5) is 0 Å². The quantitative estimate of drug-likeness (QED) is 0.937. The van der Waals surface area contributed by atoms with Gasteiger partial charge in [-0.05, 0) is 26.0 Å². The zero-order valence-corrected chi connectivity index (χ0v) is 13.7. The average Bonchev–Trinajstić information content (AvgIpc) is 2.68. The predicted molar refractivity (Wildman–Crippen MR) is 89.9 cm³/mol. The maximum absolute atomic E-state index is 10.4. The molecule has 1 heterocycles. The SMILES string of the molecule is CCOc1cccc(CN2Cc3ccccc3OC(C)C2)c1O. The van der Waals surface area contributed by atoms with Crippen molar-refractivity contribution in [3.05, 3.63) is 53.6 Å². The number of benzene rings is 2. The molecule has 23 heavy (non-hydrogen) atoms. The Balaban J connectivity index is 1.81. The van der Waals surface area contributed by atoms with E-state index in [-0.39, 0.29) is 11.9 Å². The van der Waals surface area contributed by atoms with Crippen LogP contribution in [0.1, 0.15) is 25.0 Å². The Labute approximate surface area is 137 Å². The minimum absolute atomic E-state index is 0.107. The van der Waals surface area contributed by atoms with Crippen molar-refractivity contribution in [3.8, 4) is 17.2 Å². The van der Waals surface area contributed by atoms with Gasteiger partial charge in [-0.1, -0.05) is 30.3 Å². The third kappa shape index (κ3) is 3.59. The van der Waals surface area contributed by atoms with Gasteiger partial charge in [0.15, 0.2) is 11.5 Å². The standard InChI is InChI=1S/C19H23NO3/c1-3-22-18-10-6-8-16(19(18)21)13-20-11-14(2)23-17-9-5-4-7-15(17)12-20/h4-10,14,21H,3,11-13H2,1-2H3. The smallest absolute Gasteiger partial charge is 0.162 e. The van der Waals surface area contributed by atoms with Crippen LogP contribution < -0.4 is 9.47 Å². The average molecular weight is 313 g/mol. The lowest BCUT2D eigenvalue weighted by molar-refractivity contribution is 0.155. The van der Waals surface area contributed by atoms with Crippen molar-refractivity contribution in [2.24, 2.45) is 0 Å². The van der Waals surface area contributed by atoms with Crippen molar-refractivity contribution < 1.29 is 14.6 Å². The monoisotopic (exact) mass is 313 g/mol. The highest BCUT2D eigenvalue weighted by atomic mass is 16.5. The zero-order chi connectivity index (χ0) is 16.2. The van der Waals surface area contributed by atoms with Gasteiger partial charge in [0, 0.05) is 30.8 Å². The Morgan fingerprint density at radius 3 is 2.87 bits per heavy atom. The van der Waals surface area contributed by atoms with Crippen LogP contribution in [-0.4, -0.2) is 29.3 Å². The summed E-state index contributed by atoms with van der Waals surface area (Å²) in [6.45, 7) is 6.81. The summed E-state index contributed by atoms with van der Waals surface area (Å²) in [7, 11) is 0. The summed E-state index contributed by atoms with van der Waals surface area (Å²) in [6.07, 6.45) is 0.107. The highest BCUT2D eigenvalue weighted by Crippen LogP contribution is 2.32. The summed E-state index contributed by atoms with van der Waals surface area (Å²) in [5, 5.41) is 10.4. The molecule has 1 aliphatic heterocycles. The van der Waals surface area contributed by atoms with Gasteiger partial charge in [0.05, 0.1) is 6.61 Å². The molecule has 122 valence electrons. The van der Waals surface area contributed by atoms with E-state index in [1.807, 2.05) is 37.3 Å². The van der Waals surface area contributed by atoms with E-state index in [1.165, 1.54) is 5.56 Å². The fourth-order valence-corrected chi connectivity index (χ4v) is 3.00. The summed E-state index contributed by atoms with van der Waals surface area (Å²) >= 11 is 0. The van der Waals surface area contributed by atoms with E-state index >= 15 is 0 Å². The largest absolute Gasteiger partial charge is 0.504 e. The molecule has 4 heteroatoms. The molecule has 0 radical (unpaired) electrons. The summed E-state index contributed by atoms with van der Waals surface area (Å²) in [5.41, 5.74) is 2.06. The lowest BCUT2D eigenvalue weighted by atomic mass is 10.1. The molecule has 0 saturated heterocycles. The second kappa shape index (κ2) is 6.92. The first-order valence-electron chi connectivity index (χ1n) is 8.08. The molecule has 0 fully saturated rings. The number of para-hydroxylation sites is 2. The van der Waals surface area contributed by atoms with Crippen LogP contribution >= 0.6 is 0 Å². The Bertz CT molecular complexity index is 671. The molecule has 1 aliphatic rings. The number of aromatic hydroxyl groups is 1. The van der Waals surface area contributed by atoms with Crippen LogP contribution in [0.15, 0.2) is 42.5 Å². The van der Waals surface area contributed by atoms with Crippen LogP contribution in [0, 0.1) is 0 Å². The summed E-state index contributed by atoms with van der Waals surface area (Å²) in [5.74, 6) is 1.74. The first-order chi connectivity index (χ1) is 11.2. The third-order valence-electron chi connectivity index (χ3n) is 3.99. The number of hydrogen-bond acceptors (Lipinski definition) is 4. The molecule has 1 N–H and O–H groups in total. The molecule has 0 bridgehead atoms. The predicted octanol–water partition coefficient (Wildman–Crippen LogP) is 3.57. The summed E-state index contributed by atoms with van der Waals surface area (Å²) < 4.78 is 11.5. The highest BCUT2D eigenvalue weighted by molar-refractivity contribution is 5.45. The molecule has 0 saturated carbocycles. The number of hydrogen-bond donors (Lipinski definition) is 1. The Morgan fingerprint density at radius 1 is 1.22 bits per heavy atom. The molecule has 4 nitrogen and oxygen atoms in total. The van der Waals surface area contributed by atoms with Gasteiger partial charge < -0.3 is 14.6 Å². The van der Waals surface area contributed by atoms with Gasteiger partial charge in [-0.25, -0.2) is 0 Å². The topological polar surface area (TPSA) is 41.9 Å². The van der Waals surface area contributed by atoms with Crippen molar-refractivity contribution in [3.63, 3.8) is 0 Å². The number of phenolic OH excluding ortho intramolecular Hbond substituents is 1. The fourth-order valence-electron chi connectivity index (χ4n) is 3.00. The summed E-state index contributed by atoms with van der Waals surface area (Å²) in [6, 6.07) is 13.8. The van der Waals surface area contributed by atoms with Crippen molar-refractivity contribution in [1.82, 2.24) is 4.90 Å². The lowest BCUT2D eigenvalue weighted by Gasteiger charge is -2.22. The van der Waals surface area contributed by atoms with E-state index < -0.39 is 0 Å². The molecule has 1 unspecified atom stereocenters. The maximum atomic E-state index is 10.4. The van der Waals surface area contributed by atoms with Gasteiger partial charge in [-0.2, -0.15) is 0 Å². The molecule has 2 aromatic carbocycles. The fraction of sp³-hybridized carbons (Fsp3) is 0.368. The van der Waals surface area contributed by atoms with Gasteiger partial charge in [0.1, 0.15) is 11.9 Å². The van der Waals surface area contributed by atoms with Crippen molar-refractivity contribution in [2.45, 2.75) is 33.0 Å². The number of ether oxygens (including phenoxy) is 2. The number of nitrogens with zero attached hydrogens (tertiary/aromatic N) is 1. The molecular formula is C19H23NO3. The minimum atomic E-state index is 0.107. The molecule has 0 amide bonds. The van der Waals surface area contributed by atoms with E-state index in [1.54, 1.807) is 6.07 Å². The van der Waals surface area contributed by atoms with Crippen molar-refractivity contribution in [2.75, 3.05) is 13.2 Å². The third-order valence-corrected chi connectivity index (χ3v) is 3.99. The van der Waals surface area contributed by atoms with Gasteiger partial charge in [-0.15, -0.1) is 0 Å². The van der Waals surface area contributed by atoms with E-state index in [0.29, 0.717) is 18.9 Å². The Kier molecular flexibility index (Phi) is 4.72. The number of rotatable bonds is 4. The minimum Gasteiger partial charge on any atom is -0.504 e. The normalized spacial score (nSPS) is 17.9. The maximum Gasteiger partial charge on any atom is 0.162 e. The van der Waals surface area contributed by atoms with Crippen LogP contribution in [-0.2, 0) is 13.1 Å². The second-order valence-corrected chi connectivity index (χ2v) is 5.90. The van der Waals surface area contributed by atoms with Crippen LogP contribution in [0.3, 0.4) is 0 Å². The Morgan fingerprint density at radius 2 is 2.04 bits per heavy atom. The first kappa shape index (κ1) is 15.7. The van der Waals surface area contributed by atoms with Gasteiger partial charge in [0.25, 0.3) is 0 Å². The molecule has 2 aromatic rings. The van der Waals surface area contributed by atoms with Crippen molar-refractivity contribution in [1.29, 1.82) is 0 Å². The molecule has 0 spiro atoms. The van der Waals surface area contributed by atoms with Crippen LogP contribution in [0.5, 0.6) is 17.2 Å². The van der Waals surface area contributed by atoms with Crippen LogP contribution in [0.25, 0.3) is 0 Å². The molecule has 3 rings (SSSR count). The van der Waals surface area contributed by atoms with Crippen molar-refractivity contribution >= 4 is 0 Å². The summed E-state index contributed by atoms with van der Waals surface area (Å²) in [4.78, 5) is 2.29. The van der Waals surface area contributed by atoms with E-state index in [9.17, 15) is 5.11 Å². The number of phenols is 1.